The number of hydrogen-bond donors (Lipinski definition) is 2. The zero-order chi connectivity index (χ0) is 23.3. The van der Waals surface area contributed by atoms with Gasteiger partial charge in [-0.25, -0.2) is 9.37 Å². The molecular weight excluding hydrogens is 430 g/mol. The van der Waals surface area contributed by atoms with Gasteiger partial charge in [0.1, 0.15) is 23.1 Å². The summed E-state index contributed by atoms with van der Waals surface area (Å²) >= 11 is 0. The molecule has 0 aliphatic carbocycles. The maximum Gasteiger partial charge on any atom is 0.419 e. The van der Waals surface area contributed by atoms with Crippen LogP contribution in [0.3, 0.4) is 0 Å². The molecule has 0 aliphatic heterocycles. The number of amides is 1. The van der Waals surface area contributed by atoms with Crippen molar-refractivity contribution in [3.8, 4) is 11.5 Å². The van der Waals surface area contributed by atoms with Crippen LogP contribution in [0.15, 0.2) is 54.6 Å². The van der Waals surface area contributed by atoms with Crippen LogP contribution in [0.25, 0.3) is 0 Å². The van der Waals surface area contributed by atoms with Gasteiger partial charge >= 0.3 is 6.18 Å². The van der Waals surface area contributed by atoms with E-state index in [1.54, 1.807) is 36.4 Å². The highest BCUT2D eigenvalue weighted by Crippen LogP contribution is 2.33. The second-order valence-corrected chi connectivity index (χ2v) is 6.74. The predicted octanol–water partition coefficient (Wildman–Crippen LogP) is 4.69. The molecule has 0 unspecified atom stereocenters. The van der Waals surface area contributed by atoms with Crippen molar-refractivity contribution in [2.75, 3.05) is 12.8 Å². The van der Waals surface area contributed by atoms with Crippen LogP contribution in [-0.4, -0.2) is 18.0 Å². The number of nitrogens with one attached hydrogen (secondary N) is 1. The highest BCUT2D eigenvalue weighted by molar-refractivity contribution is 5.98. The average Bonchev–Trinajstić information content (AvgIpc) is 2.72. The van der Waals surface area contributed by atoms with E-state index in [-0.39, 0.29) is 30.3 Å². The van der Waals surface area contributed by atoms with E-state index in [2.05, 4.69) is 10.3 Å². The summed E-state index contributed by atoms with van der Waals surface area (Å²) in [5, 5.41) is 2.72. The lowest BCUT2D eigenvalue weighted by atomic mass is 10.2. The summed E-state index contributed by atoms with van der Waals surface area (Å²) in [5.41, 5.74) is 6.03. The zero-order valence-corrected chi connectivity index (χ0v) is 16.9. The van der Waals surface area contributed by atoms with Gasteiger partial charge in [0, 0.05) is 19.7 Å². The van der Waals surface area contributed by atoms with Crippen molar-refractivity contribution in [3.63, 3.8) is 0 Å². The third-order valence-electron chi connectivity index (χ3n) is 4.38. The fourth-order valence-electron chi connectivity index (χ4n) is 2.82. The molecule has 0 spiro atoms. The molecule has 3 rings (SSSR count). The lowest BCUT2D eigenvalue weighted by molar-refractivity contribution is -0.140. The lowest BCUT2D eigenvalue weighted by Gasteiger charge is -2.11. The molecule has 0 saturated heterocycles. The van der Waals surface area contributed by atoms with E-state index >= 15 is 0 Å². The number of carbonyl (C=O) groups excluding carboxylic acids is 1. The highest BCUT2D eigenvalue weighted by Gasteiger charge is 2.34. The van der Waals surface area contributed by atoms with E-state index in [1.807, 2.05) is 0 Å². The van der Waals surface area contributed by atoms with Crippen molar-refractivity contribution in [3.05, 3.63) is 82.8 Å². The molecule has 32 heavy (non-hydrogen) atoms. The maximum atomic E-state index is 13.7. The molecule has 3 N–H and O–H groups in total. The molecule has 0 radical (unpaired) electrons. The molecule has 1 amide bonds. The summed E-state index contributed by atoms with van der Waals surface area (Å²) in [4.78, 5) is 16.4. The summed E-state index contributed by atoms with van der Waals surface area (Å²) in [7, 11) is 1.52. The molecule has 0 fully saturated rings. The number of nitrogens with two attached hydrogens (primary N) is 1. The number of rotatable bonds is 7. The van der Waals surface area contributed by atoms with Gasteiger partial charge in [0.05, 0.1) is 23.4 Å². The van der Waals surface area contributed by atoms with Crippen molar-refractivity contribution in [1.82, 2.24) is 10.3 Å². The van der Waals surface area contributed by atoms with Gasteiger partial charge in [-0.3, -0.25) is 4.79 Å². The first-order chi connectivity index (χ1) is 15.2. The summed E-state index contributed by atoms with van der Waals surface area (Å²) in [6, 6.07) is 11.9. The van der Waals surface area contributed by atoms with Crippen molar-refractivity contribution in [2.45, 2.75) is 19.3 Å². The van der Waals surface area contributed by atoms with Gasteiger partial charge in [-0.05, 0) is 42.0 Å². The number of ether oxygens (including phenoxy) is 2. The number of halogens is 4. The molecular formula is C22H19F4N3O3. The molecule has 3 aromatic rings. The first-order valence-electron chi connectivity index (χ1n) is 9.33. The average molecular weight is 449 g/mol. The van der Waals surface area contributed by atoms with Gasteiger partial charge < -0.3 is 20.5 Å². The molecule has 1 aromatic heterocycles. The van der Waals surface area contributed by atoms with Crippen molar-refractivity contribution >= 4 is 11.7 Å². The van der Waals surface area contributed by atoms with E-state index < -0.39 is 23.5 Å². The Hall–Kier alpha value is -3.66. The van der Waals surface area contributed by atoms with Crippen LogP contribution < -0.4 is 15.8 Å². The van der Waals surface area contributed by atoms with Gasteiger partial charge in [0.25, 0.3) is 5.91 Å². The SMILES string of the molecule is COCc1ccc(C(=O)NCc2ccc(Oc3ccc(C(F)(F)F)c(F)c3)cc2)c(N)n1. The van der Waals surface area contributed by atoms with Crippen LogP contribution in [0.4, 0.5) is 23.4 Å². The van der Waals surface area contributed by atoms with Crippen LogP contribution in [-0.2, 0) is 24.1 Å². The third-order valence-corrected chi connectivity index (χ3v) is 4.38. The van der Waals surface area contributed by atoms with E-state index in [9.17, 15) is 22.4 Å². The first kappa shape index (κ1) is 23.0. The largest absolute Gasteiger partial charge is 0.457 e. The minimum atomic E-state index is -4.78. The fraction of sp³-hybridized carbons (Fsp3) is 0.182. The summed E-state index contributed by atoms with van der Waals surface area (Å²) in [5.74, 6) is -1.51. The number of anilines is 1. The first-order valence-corrected chi connectivity index (χ1v) is 9.33. The molecule has 168 valence electrons. The number of pyridine rings is 1. The Kier molecular flexibility index (Phi) is 6.94. The Bertz CT molecular complexity index is 1100. The maximum absolute atomic E-state index is 13.7. The Morgan fingerprint density at radius 3 is 2.34 bits per heavy atom. The van der Waals surface area contributed by atoms with Gasteiger partial charge in [-0.1, -0.05) is 12.1 Å². The third kappa shape index (κ3) is 5.73. The normalized spacial score (nSPS) is 11.3. The van der Waals surface area contributed by atoms with Crippen LogP contribution in [0.2, 0.25) is 0 Å². The minimum Gasteiger partial charge on any atom is -0.457 e. The van der Waals surface area contributed by atoms with E-state index in [0.717, 1.165) is 11.6 Å². The van der Waals surface area contributed by atoms with E-state index in [0.29, 0.717) is 23.6 Å². The Balaban J connectivity index is 1.59. The predicted molar refractivity (Wildman–Crippen MR) is 108 cm³/mol. The number of alkyl halides is 3. The Morgan fingerprint density at radius 1 is 1.06 bits per heavy atom. The second-order valence-electron chi connectivity index (χ2n) is 6.74. The number of hydrogen-bond acceptors (Lipinski definition) is 5. The number of methoxy groups -OCH3 is 1. The molecule has 6 nitrogen and oxygen atoms in total. The van der Waals surface area contributed by atoms with Gasteiger partial charge in [0.15, 0.2) is 0 Å². The zero-order valence-electron chi connectivity index (χ0n) is 16.9. The number of aromatic nitrogens is 1. The summed E-state index contributed by atoms with van der Waals surface area (Å²) in [6.45, 7) is 0.465. The van der Waals surface area contributed by atoms with Crippen LogP contribution >= 0.6 is 0 Å². The number of carbonyl (C=O) groups is 1. The van der Waals surface area contributed by atoms with Crippen molar-refractivity contribution in [2.24, 2.45) is 0 Å². The van der Waals surface area contributed by atoms with Gasteiger partial charge in [-0.15, -0.1) is 0 Å². The van der Waals surface area contributed by atoms with Gasteiger partial charge in [-0.2, -0.15) is 13.2 Å². The Morgan fingerprint density at radius 2 is 1.75 bits per heavy atom. The molecule has 1 heterocycles. The molecule has 0 bridgehead atoms. The quantitative estimate of drug-likeness (QED) is 0.511. The highest BCUT2D eigenvalue weighted by atomic mass is 19.4. The molecule has 0 atom stereocenters. The minimum absolute atomic E-state index is 0.0727. The van der Waals surface area contributed by atoms with Crippen molar-refractivity contribution < 1.29 is 31.8 Å². The molecule has 2 aromatic carbocycles. The van der Waals surface area contributed by atoms with Crippen LogP contribution in [0, 0.1) is 5.82 Å². The van der Waals surface area contributed by atoms with Gasteiger partial charge in [0.2, 0.25) is 0 Å². The monoisotopic (exact) mass is 449 g/mol. The van der Waals surface area contributed by atoms with Crippen LogP contribution in [0.5, 0.6) is 11.5 Å². The van der Waals surface area contributed by atoms with Crippen LogP contribution in [0.1, 0.15) is 27.2 Å². The number of nitrogens with zero attached hydrogens (tertiary/aromatic N) is 1. The van der Waals surface area contributed by atoms with Crippen molar-refractivity contribution in [1.29, 1.82) is 0 Å². The van der Waals surface area contributed by atoms with E-state index in [4.69, 9.17) is 15.2 Å². The topological polar surface area (TPSA) is 86.5 Å². The molecule has 0 saturated carbocycles. The fourth-order valence-corrected chi connectivity index (χ4v) is 2.82. The summed E-state index contributed by atoms with van der Waals surface area (Å²) < 4.78 is 61.9. The lowest BCUT2D eigenvalue weighted by Crippen LogP contribution is -2.24. The molecule has 10 heteroatoms. The molecule has 0 aliphatic rings. The standard InChI is InChI=1S/C22H19F4N3O3/c1-31-12-14-4-8-17(20(27)29-14)21(30)28-11-13-2-5-15(6-3-13)32-16-7-9-18(19(23)10-16)22(24,25)26/h2-10H,11-12H2,1H3,(H2,27,29)(H,28,30). The number of benzene rings is 2. The van der Waals surface area contributed by atoms with E-state index in [1.165, 1.54) is 7.11 Å². The summed E-state index contributed by atoms with van der Waals surface area (Å²) in [6.07, 6.45) is -4.78. The number of nitrogen functional groups attached to an aromatic ring is 1. The smallest absolute Gasteiger partial charge is 0.419 e. The second kappa shape index (κ2) is 9.65. The Labute approximate surface area is 181 Å².